The van der Waals surface area contributed by atoms with Crippen molar-refractivity contribution in [3.05, 3.63) is 24.3 Å². The molecule has 7 nitrogen and oxygen atoms in total. The Labute approximate surface area is 129 Å². The van der Waals surface area contributed by atoms with Gasteiger partial charge < -0.3 is 20.1 Å². The number of aliphatic hydroxyl groups is 1. The van der Waals surface area contributed by atoms with Gasteiger partial charge in [-0.15, -0.1) is 0 Å². The lowest BCUT2D eigenvalue weighted by atomic mass is 10.2. The molecule has 1 fully saturated rings. The number of nitrogens with zero attached hydrogens (tertiary/aromatic N) is 2. The van der Waals surface area contributed by atoms with Crippen LogP contribution in [0.15, 0.2) is 24.3 Å². The highest BCUT2D eigenvalue weighted by Gasteiger charge is 2.32. The van der Waals surface area contributed by atoms with E-state index in [1.807, 2.05) is 18.2 Å². The van der Waals surface area contributed by atoms with Gasteiger partial charge in [0.15, 0.2) is 0 Å². The summed E-state index contributed by atoms with van der Waals surface area (Å²) >= 11 is 0. The third kappa shape index (κ3) is 3.67. The van der Waals surface area contributed by atoms with Crippen molar-refractivity contribution in [3.63, 3.8) is 0 Å². The normalized spacial score (nSPS) is 14.4. The summed E-state index contributed by atoms with van der Waals surface area (Å²) in [5, 5.41) is 11.4. The number of amides is 3. The minimum Gasteiger partial charge on any atom is -0.495 e. The summed E-state index contributed by atoms with van der Waals surface area (Å²) in [6, 6.07) is 7.10. The first-order valence-electron chi connectivity index (χ1n) is 7.24. The van der Waals surface area contributed by atoms with Crippen LogP contribution in [0.5, 0.6) is 5.75 Å². The van der Waals surface area contributed by atoms with E-state index >= 15 is 0 Å². The molecule has 1 heterocycles. The molecule has 0 spiro atoms. The Morgan fingerprint density at radius 3 is 2.86 bits per heavy atom. The molecule has 3 amide bonds. The van der Waals surface area contributed by atoms with Crippen LogP contribution in [-0.2, 0) is 4.79 Å². The van der Waals surface area contributed by atoms with Crippen LogP contribution in [0.4, 0.5) is 10.5 Å². The van der Waals surface area contributed by atoms with Crippen LogP contribution in [0.3, 0.4) is 0 Å². The summed E-state index contributed by atoms with van der Waals surface area (Å²) in [6.45, 7) is 1.47. The molecule has 0 unspecified atom stereocenters. The zero-order chi connectivity index (χ0) is 15.9. The van der Waals surface area contributed by atoms with Crippen molar-refractivity contribution in [3.8, 4) is 5.75 Å². The highest BCUT2D eigenvalue weighted by molar-refractivity contribution is 5.97. The van der Waals surface area contributed by atoms with Crippen LogP contribution in [0.2, 0.25) is 0 Å². The molecular weight excluding hydrogens is 286 g/mol. The van der Waals surface area contributed by atoms with E-state index in [0.29, 0.717) is 37.5 Å². The van der Waals surface area contributed by atoms with Crippen LogP contribution in [0.25, 0.3) is 0 Å². The maximum absolute atomic E-state index is 12.4. The van der Waals surface area contributed by atoms with Crippen LogP contribution in [0.1, 0.15) is 6.42 Å². The lowest BCUT2D eigenvalue weighted by Gasteiger charge is -2.20. The fraction of sp³-hybridized carbons (Fsp3) is 0.467. The highest BCUT2D eigenvalue weighted by Crippen LogP contribution is 2.30. The average molecular weight is 307 g/mol. The van der Waals surface area contributed by atoms with E-state index in [-0.39, 0.29) is 25.1 Å². The van der Waals surface area contributed by atoms with Gasteiger partial charge in [-0.3, -0.25) is 9.69 Å². The number of para-hydroxylation sites is 2. The van der Waals surface area contributed by atoms with E-state index in [1.165, 1.54) is 4.90 Å². The van der Waals surface area contributed by atoms with E-state index in [9.17, 15) is 9.59 Å². The minimum atomic E-state index is -0.219. The van der Waals surface area contributed by atoms with Gasteiger partial charge in [0.05, 0.1) is 12.8 Å². The Kier molecular flexibility index (Phi) is 5.60. The second-order valence-corrected chi connectivity index (χ2v) is 4.95. The van der Waals surface area contributed by atoms with Crippen molar-refractivity contribution in [2.45, 2.75) is 6.42 Å². The Bertz CT molecular complexity index is 535. The van der Waals surface area contributed by atoms with Crippen molar-refractivity contribution in [1.82, 2.24) is 10.2 Å². The monoisotopic (exact) mass is 307 g/mol. The number of hydrogen-bond donors (Lipinski definition) is 2. The minimum absolute atomic E-state index is 0.0237. The third-order valence-electron chi connectivity index (χ3n) is 3.46. The molecule has 120 valence electrons. The number of carbonyl (C=O) groups excluding carboxylic acids is 2. The van der Waals surface area contributed by atoms with E-state index in [0.717, 1.165) is 0 Å². The molecule has 2 N–H and O–H groups in total. The average Bonchev–Trinajstić information content (AvgIpc) is 2.88. The number of ether oxygens (including phenoxy) is 1. The molecule has 1 aromatic rings. The van der Waals surface area contributed by atoms with E-state index in [4.69, 9.17) is 9.84 Å². The maximum atomic E-state index is 12.4. The summed E-state index contributed by atoms with van der Waals surface area (Å²) < 4.78 is 5.27. The van der Waals surface area contributed by atoms with Gasteiger partial charge in [0.1, 0.15) is 12.3 Å². The quantitative estimate of drug-likeness (QED) is 0.716. The Morgan fingerprint density at radius 2 is 2.14 bits per heavy atom. The number of methoxy groups -OCH3 is 1. The largest absolute Gasteiger partial charge is 0.495 e. The van der Waals surface area contributed by atoms with Gasteiger partial charge in [0.2, 0.25) is 5.91 Å². The molecule has 7 heteroatoms. The van der Waals surface area contributed by atoms with E-state index in [2.05, 4.69) is 5.32 Å². The topological polar surface area (TPSA) is 82.1 Å². The van der Waals surface area contributed by atoms with Crippen LogP contribution in [0, 0.1) is 0 Å². The predicted octanol–water partition coefficient (Wildman–Crippen LogP) is 0.436. The van der Waals surface area contributed by atoms with Crippen molar-refractivity contribution in [2.75, 3.05) is 44.8 Å². The van der Waals surface area contributed by atoms with Crippen LogP contribution < -0.4 is 15.0 Å². The number of aliphatic hydroxyl groups excluding tert-OH is 1. The van der Waals surface area contributed by atoms with Gasteiger partial charge in [0, 0.05) is 26.2 Å². The Balaban J connectivity index is 1.96. The van der Waals surface area contributed by atoms with E-state index in [1.54, 1.807) is 18.1 Å². The summed E-state index contributed by atoms with van der Waals surface area (Å²) in [5.74, 6) is 0.411. The molecule has 1 aliphatic rings. The zero-order valence-electron chi connectivity index (χ0n) is 12.6. The molecule has 1 aliphatic heterocycles. The van der Waals surface area contributed by atoms with Gasteiger partial charge in [-0.1, -0.05) is 12.1 Å². The number of nitrogens with one attached hydrogen (secondary N) is 1. The van der Waals surface area contributed by atoms with Crippen LogP contribution in [-0.4, -0.2) is 61.8 Å². The molecule has 0 saturated carbocycles. The van der Waals surface area contributed by atoms with Crippen molar-refractivity contribution in [2.24, 2.45) is 0 Å². The fourth-order valence-electron chi connectivity index (χ4n) is 2.34. The molecule has 2 rings (SSSR count). The number of anilines is 1. The number of hydrogen-bond acceptors (Lipinski definition) is 4. The van der Waals surface area contributed by atoms with Gasteiger partial charge in [0.25, 0.3) is 0 Å². The van der Waals surface area contributed by atoms with E-state index < -0.39 is 0 Å². The first-order chi connectivity index (χ1) is 10.7. The SMILES string of the molecule is COc1ccccc1N1CCN(CC(=O)NCCCO)C1=O. The lowest BCUT2D eigenvalue weighted by molar-refractivity contribution is -0.121. The first kappa shape index (κ1) is 16.1. The van der Waals surface area contributed by atoms with Gasteiger partial charge in [-0.2, -0.15) is 0 Å². The highest BCUT2D eigenvalue weighted by atomic mass is 16.5. The molecule has 22 heavy (non-hydrogen) atoms. The van der Waals surface area contributed by atoms with Crippen LogP contribution >= 0.6 is 0 Å². The molecule has 1 saturated heterocycles. The van der Waals surface area contributed by atoms with Crippen molar-refractivity contribution in [1.29, 1.82) is 0 Å². The summed E-state index contributed by atoms with van der Waals surface area (Å²) in [4.78, 5) is 27.3. The molecule has 0 atom stereocenters. The molecule has 0 aromatic heterocycles. The molecule has 0 radical (unpaired) electrons. The Morgan fingerprint density at radius 1 is 1.36 bits per heavy atom. The Hall–Kier alpha value is -2.28. The summed E-state index contributed by atoms with van der Waals surface area (Å²) in [7, 11) is 1.56. The molecular formula is C15H21N3O4. The second-order valence-electron chi connectivity index (χ2n) is 4.95. The lowest BCUT2D eigenvalue weighted by Crippen LogP contribution is -2.40. The zero-order valence-corrected chi connectivity index (χ0v) is 12.6. The smallest absolute Gasteiger partial charge is 0.325 e. The summed E-state index contributed by atoms with van der Waals surface area (Å²) in [6.07, 6.45) is 0.507. The van der Waals surface area contributed by atoms with Gasteiger partial charge in [-0.25, -0.2) is 4.79 Å². The van der Waals surface area contributed by atoms with Gasteiger partial charge >= 0.3 is 6.03 Å². The number of rotatable bonds is 7. The fourth-order valence-corrected chi connectivity index (χ4v) is 2.34. The molecule has 0 aliphatic carbocycles. The standard InChI is InChI=1S/C15H21N3O4/c1-22-13-6-3-2-5-12(13)18-9-8-17(15(18)21)11-14(20)16-7-4-10-19/h2-3,5-6,19H,4,7-11H2,1H3,(H,16,20). The predicted molar refractivity (Wildman–Crippen MR) is 82.0 cm³/mol. The number of urea groups is 1. The number of carbonyl (C=O) groups is 2. The molecule has 1 aromatic carbocycles. The second kappa shape index (κ2) is 7.65. The van der Waals surface area contributed by atoms with Gasteiger partial charge in [-0.05, 0) is 18.6 Å². The molecule has 0 bridgehead atoms. The summed E-state index contributed by atoms with van der Waals surface area (Å²) in [5.41, 5.74) is 0.707. The van der Waals surface area contributed by atoms with Crippen molar-refractivity contribution >= 4 is 17.6 Å². The first-order valence-corrected chi connectivity index (χ1v) is 7.24. The maximum Gasteiger partial charge on any atom is 0.325 e. The van der Waals surface area contributed by atoms with Crippen molar-refractivity contribution < 1.29 is 19.4 Å². The number of benzene rings is 1. The third-order valence-corrected chi connectivity index (χ3v) is 3.46.